The molecular weight excluding hydrogens is 362 g/mol. The van der Waals surface area contributed by atoms with Crippen molar-refractivity contribution < 1.29 is 18.1 Å². The smallest absolute Gasteiger partial charge is 0.278 e. The van der Waals surface area contributed by atoms with E-state index in [1.807, 2.05) is 0 Å². The Morgan fingerprint density at radius 2 is 1.64 bits per heavy atom. The lowest BCUT2D eigenvalue weighted by molar-refractivity contribution is -0.948. The first-order chi connectivity index (χ1) is 11.9. The van der Waals surface area contributed by atoms with Gasteiger partial charge in [0.2, 0.25) is 10.0 Å². The molecule has 0 atom stereocenters. The Morgan fingerprint density at radius 1 is 1.08 bits per heavy atom. The molecule has 0 saturated carbocycles. The normalized spacial score (nSPS) is 22.6. The molecule has 2 aliphatic heterocycles. The molecule has 0 radical (unpaired) electrons. The van der Waals surface area contributed by atoms with Crippen LogP contribution in [-0.2, 0) is 14.8 Å². The number of sulfonamides is 1. The zero-order valence-electron chi connectivity index (χ0n) is 14.2. The predicted octanol–water partition coefficient (Wildman–Crippen LogP) is 0.417. The number of amides is 1. The van der Waals surface area contributed by atoms with E-state index in [4.69, 9.17) is 17.3 Å². The van der Waals surface area contributed by atoms with Gasteiger partial charge in [-0.15, -0.1) is 0 Å². The standard InChI is InChI=1S/C17H24ClN3O3S/c18-14-4-6-15(7-5-14)25(23,24)21-12-8-17(9-13-21,16(19)22)20-10-2-1-3-11-20/h4-7H,1-3,8-13H2,(H2,19,22)/p+1. The van der Waals surface area contributed by atoms with Crippen molar-refractivity contribution >= 4 is 27.5 Å². The van der Waals surface area contributed by atoms with Gasteiger partial charge in [0.1, 0.15) is 0 Å². The number of hydrogen-bond acceptors (Lipinski definition) is 3. The third-order valence-electron chi connectivity index (χ3n) is 5.63. The van der Waals surface area contributed by atoms with Crippen molar-refractivity contribution in [1.82, 2.24) is 4.31 Å². The van der Waals surface area contributed by atoms with Crippen molar-refractivity contribution in [3.63, 3.8) is 0 Å². The van der Waals surface area contributed by atoms with Gasteiger partial charge in [-0.05, 0) is 43.5 Å². The summed E-state index contributed by atoms with van der Waals surface area (Å²) in [6.45, 7) is 2.51. The molecule has 0 bridgehead atoms. The van der Waals surface area contributed by atoms with Gasteiger partial charge in [-0.1, -0.05) is 11.6 Å². The summed E-state index contributed by atoms with van der Waals surface area (Å²) in [5, 5.41) is 0.499. The molecule has 3 N–H and O–H groups in total. The molecule has 138 valence electrons. The van der Waals surface area contributed by atoms with Crippen molar-refractivity contribution in [2.45, 2.75) is 42.5 Å². The fourth-order valence-electron chi connectivity index (χ4n) is 4.10. The Labute approximate surface area is 154 Å². The van der Waals surface area contributed by atoms with Crippen LogP contribution in [0.25, 0.3) is 0 Å². The molecule has 2 heterocycles. The number of nitrogens with one attached hydrogen (secondary N) is 1. The van der Waals surface area contributed by atoms with Crippen LogP contribution >= 0.6 is 11.6 Å². The predicted molar refractivity (Wildman–Crippen MR) is 95.9 cm³/mol. The Balaban J connectivity index is 1.77. The lowest BCUT2D eigenvalue weighted by Crippen LogP contribution is -3.22. The summed E-state index contributed by atoms with van der Waals surface area (Å²) < 4.78 is 27.1. The Morgan fingerprint density at radius 3 is 2.16 bits per heavy atom. The van der Waals surface area contributed by atoms with Gasteiger partial charge in [0.25, 0.3) is 5.91 Å². The molecule has 3 rings (SSSR count). The fourth-order valence-corrected chi connectivity index (χ4v) is 5.66. The van der Waals surface area contributed by atoms with Crippen molar-refractivity contribution in [3.05, 3.63) is 29.3 Å². The summed E-state index contributed by atoms with van der Waals surface area (Å²) >= 11 is 5.84. The average molecular weight is 387 g/mol. The van der Waals surface area contributed by atoms with Crippen LogP contribution < -0.4 is 10.6 Å². The number of nitrogens with zero attached hydrogens (tertiary/aromatic N) is 1. The first-order valence-corrected chi connectivity index (χ1v) is 10.6. The maximum absolute atomic E-state index is 12.8. The minimum absolute atomic E-state index is 0.230. The van der Waals surface area contributed by atoms with E-state index < -0.39 is 15.6 Å². The van der Waals surface area contributed by atoms with Gasteiger partial charge in [0, 0.05) is 31.0 Å². The second-order valence-corrected chi connectivity index (χ2v) is 9.34. The Bertz CT molecular complexity index is 722. The molecule has 6 nitrogen and oxygen atoms in total. The largest absolute Gasteiger partial charge is 0.364 e. The second-order valence-electron chi connectivity index (χ2n) is 6.97. The minimum atomic E-state index is -3.57. The third kappa shape index (κ3) is 3.56. The number of carbonyl (C=O) groups excluding carboxylic acids is 1. The minimum Gasteiger partial charge on any atom is -0.364 e. The molecule has 1 amide bonds. The first-order valence-electron chi connectivity index (χ1n) is 8.77. The number of piperidine rings is 2. The molecule has 8 heteroatoms. The number of primary amides is 1. The van der Waals surface area contributed by atoms with Gasteiger partial charge in [-0.25, -0.2) is 8.42 Å². The van der Waals surface area contributed by atoms with Crippen LogP contribution in [0.5, 0.6) is 0 Å². The molecule has 25 heavy (non-hydrogen) atoms. The average Bonchev–Trinajstić information content (AvgIpc) is 2.62. The van der Waals surface area contributed by atoms with Crippen LogP contribution in [0, 0.1) is 0 Å². The number of likely N-dealkylation sites (tertiary alicyclic amines) is 1. The van der Waals surface area contributed by atoms with Crippen molar-refractivity contribution in [3.8, 4) is 0 Å². The van der Waals surface area contributed by atoms with E-state index in [-0.39, 0.29) is 10.8 Å². The van der Waals surface area contributed by atoms with E-state index >= 15 is 0 Å². The zero-order chi connectivity index (χ0) is 18.1. The van der Waals surface area contributed by atoms with Crippen LogP contribution in [0.4, 0.5) is 0 Å². The second kappa shape index (κ2) is 7.23. The van der Waals surface area contributed by atoms with Crippen LogP contribution in [0.3, 0.4) is 0 Å². The van der Waals surface area contributed by atoms with E-state index in [9.17, 15) is 13.2 Å². The molecule has 2 saturated heterocycles. The SMILES string of the molecule is NC(=O)C1([NH+]2CCCCC2)CCN(S(=O)(=O)c2ccc(Cl)cc2)CC1. The molecule has 1 aromatic rings. The Hall–Kier alpha value is -1.15. The first kappa shape index (κ1) is 18.6. The van der Waals surface area contributed by atoms with Gasteiger partial charge in [-0.2, -0.15) is 4.31 Å². The summed E-state index contributed by atoms with van der Waals surface area (Å²) in [5.41, 5.74) is 5.14. The molecule has 1 aromatic carbocycles. The van der Waals surface area contributed by atoms with Crippen molar-refractivity contribution in [1.29, 1.82) is 0 Å². The summed E-state index contributed by atoms with van der Waals surface area (Å²) in [5.74, 6) is -0.298. The number of quaternary nitrogens is 1. The summed E-state index contributed by atoms with van der Waals surface area (Å²) in [7, 11) is -3.57. The molecule has 0 spiro atoms. The van der Waals surface area contributed by atoms with Crippen LogP contribution in [0.1, 0.15) is 32.1 Å². The number of nitrogens with two attached hydrogens (primary N) is 1. The van der Waals surface area contributed by atoms with Crippen LogP contribution in [0.2, 0.25) is 5.02 Å². The van der Waals surface area contributed by atoms with Gasteiger partial charge in [0.05, 0.1) is 18.0 Å². The monoisotopic (exact) mass is 386 g/mol. The third-order valence-corrected chi connectivity index (χ3v) is 7.80. The maximum atomic E-state index is 12.8. The highest BCUT2D eigenvalue weighted by molar-refractivity contribution is 7.89. The molecule has 2 aliphatic rings. The summed E-state index contributed by atoms with van der Waals surface area (Å²) in [4.78, 5) is 13.7. The Kier molecular flexibility index (Phi) is 5.39. The topological polar surface area (TPSA) is 84.9 Å². The van der Waals surface area contributed by atoms with Gasteiger partial charge in [0.15, 0.2) is 5.54 Å². The highest BCUT2D eigenvalue weighted by Crippen LogP contribution is 2.26. The number of benzene rings is 1. The molecular formula is C17H25ClN3O3S+. The molecule has 0 aliphatic carbocycles. The van der Waals surface area contributed by atoms with E-state index in [0.717, 1.165) is 25.9 Å². The highest BCUT2D eigenvalue weighted by atomic mass is 35.5. The summed E-state index contributed by atoms with van der Waals surface area (Å²) in [6.07, 6.45) is 4.33. The van der Waals surface area contributed by atoms with E-state index in [0.29, 0.717) is 31.0 Å². The number of rotatable bonds is 4. The molecule has 0 aromatic heterocycles. The number of hydrogen-bond donors (Lipinski definition) is 2. The van der Waals surface area contributed by atoms with Gasteiger partial charge in [-0.3, -0.25) is 4.79 Å². The van der Waals surface area contributed by atoms with E-state index in [1.165, 1.54) is 27.8 Å². The van der Waals surface area contributed by atoms with Gasteiger partial charge >= 0.3 is 0 Å². The molecule has 2 fully saturated rings. The quantitative estimate of drug-likeness (QED) is 0.786. The van der Waals surface area contributed by atoms with Crippen molar-refractivity contribution in [2.75, 3.05) is 26.2 Å². The van der Waals surface area contributed by atoms with E-state index in [1.54, 1.807) is 12.1 Å². The lowest BCUT2D eigenvalue weighted by Gasteiger charge is -2.44. The van der Waals surface area contributed by atoms with Crippen LogP contribution in [-0.4, -0.2) is 50.3 Å². The van der Waals surface area contributed by atoms with E-state index in [2.05, 4.69) is 0 Å². The fraction of sp³-hybridized carbons (Fsp3) is 0.588. The van der Waals surface area contributed by atoms with Crippen LogP contribution in [0.15, 0.2) is 29.2 Å². The number of halogens is 1. The highest BCUT2D eigenvalue weighted by Gasteiger charge is 2.50. The van der Waals surface area contributed by atoms with Crippen molar-refractivity contribution in [2.24, 2.45) is 5.73 Å². The lowest BCUT2D eigenvalue weighted by atomic mass is 9.84. The number of carbonyl (C=O) groups is 1. The zero-order valence-corrected chi connectivity index (χ0v) is 15.8. The summed E-state index contributed by atoms with van der Waals surface area (Å²) in [6, 6.07) is 6.18. The molecule has 0 unspecified atom stereocenters. The maximum Gasteiger partial charge on any atom is 0.278 e. The van der Waals surface area contributed by atoms with Gasteiger partial charge < -0.3 is 10.6 Å².